The number of carbonyl (C=O) groups excluding carboxylic acids is 1. The highest BCUT2D eigenvalue weighted by Crippen LogP contribution is 2.33. The first-order valence-corrected chi connectivity index (χ1v) is 12.2. The summed E-state index contributed by atoms with van der Waals surface area (Å²) in [6.07, 6.45) is 6.12. The molecular formula is C23H30N4O3S2. The molecule has 172 valence electrons. The number of carbonyl (C=O) groups is 1. The van der Waals surface area contributed by atoms with Crippen molar-refractivity contribution < 1.29 is 9.53 Å². The number of aryl methyl sites for hydroxylation is 1. The van der Waals surface area contributed by atoms with Gasteiger partial charge in [-0.1, -0.05) is 43.4 Å². The van der Waals surface area contributed by atoms with E-state index in [1.54, 1.807) is 17.2 Å². The Labute approximate surface area is 198 Å². The Kier molecular flexibility index (Phi) is 8.44. The highest BCUT2D eigenvalue weighted by atomic mass is 32.2. The van der Waals surface area contributed by atoms with E-state index in [1.165, 1.54) is 16.2 Å². The van der Waals surface area contributed by atoms with Crippen molar-refractivity contribution in [2.75, 3.05) is 25.0 Å². The number of fused-ring (bicyclic) bond motifs is 1. The molecule has 0 atom stereocenters. The molecule has 1 fully saturated rings. The molecule has 1 saturated heterocycles. The van der Waals surface area contributed by atoms with Crippen LogP contribution < -0.4 is 10.9 Å². The monoisotopic (exact) mass is 474 g/mol. The fraction of sp³-hybridized carbons (Fsp3) is 0.478. The van der Waals surface area contributed by atoms with Gasteiger partial charge in [0.25, 0.3) is 11.5 Å². The fourth-order valence-electron chi connectivity index (χ4n) is 3.31. The second-order valence-corrected chi connectivity index (χ2v) is 9.63. The van der Waals surface area contributed by atoms with Crippen molar-refractivity contribution in [3.05, 3.63) is 44.7 Å². The highest BCUT2D eigenvalue weighted by Gasteiger charge is 2.32. The van der Waals surface area contributed by atoms with E-state index in [1.807, 2.05) is 32.9 Å². The summed E-state index contributed by atoms with van der Waals surface area (Å²) < 4.78 is 7.64. The van der Waals surface area contributed by atoms with E-state index in [9.17, 15) is 9.59 Å². The zero-order valence-corrected chi connectivity index (χ0v) is 20.6. The predicted octanol–water partition coefficient (Wildman–Crippen LogP) is 4.23. The maximum absolute atomic E-state index is 13.4. The quantitative estimate of drug-likeness (QED) is 0.314. The zero-order chi connectivity index (χ0) is 23.3. The first-order valence-electron chi connectivity index (χ1n) is 11.0. The summed E-state index contributed by atoms with van der Waals surface area (Å²) in [6.45, 7) is 9.78. The van der Waals surface area contributed by atoms with Crippen LogP contribution in [-0.4, -0.2) is 50.3 Å². The molecule has 0 spiro atoms. The van der Waals surface area contributed by atoms with E-state index in [0.717, 1.165) is 24.8 Å². The van der Waals surface area contributed by atoms with Gasteiger partial charge in [-0.2, -0.15) is 0 Å². The van der Waals surface area contributed by atoms with Crippen molar-refractivity contribution in [3.8, 4) is 0 Å². The minimum Gasteiger partial charge on any atom is -0.379 e. The third kappa shape index (κ3) is 5.57. The number of thiocarbonyl (C=S) groups is 1. The second kappa shape index (κ2) is 11.1. The lowest BCUT2D eigenvalue weighted by Crippen LogP contribution is -2.29. The number of rotatable bonds is 10. The van der Waals surface area contributed by atoms with Crippen molar-refractivity contribution in [1.82, 2.24) is 14.3 Å². The lowest BCUT2D eigenvalue weighted by Gasteiger charge is -2.14. The van der Waals surface area contributed by atoms with Gasteiger partial charge in [-0.15, -0.1) is 0 Å². The van der Waals surface area contributed by atoms with E-state index in [0.29, 0.717) is 46.0 Å². The second-order valence-electron chi connectivity index (χ2n) is 7.95. The molecule has 1 aliphatic rings. The Hall–Kier alpha value is -2.23. The zero-order valence-electron chi connectivity index (χ0n) is 19.0. The molecule has 1 N–H and O–H groups in total. The van der Waals surface area contributed by atoms with E-state index in [-0.39, 0.29) is 17.6 Å². The number of nitrogens with one attached hydrogen (secondary N) is 1. The van der Waals surface area contributed by atoms with Crippen LogP contribution in [0.5, 0.6) is 0 Å². The smallest absolute Gasteiger partial charge is 0.267 e. The summed E-state index contributed by atoms with van der Waals surface area (Å²) in [5.74, 6) is 0.311. The topological polar surface area (TPSA) is 75.9 Å². The molecule has 0 aliphatic carbocycles. The molecular weight excluding hydrogens is 444 g/mol. The molecule has 2 aromatic heterocycles. The van der Waals surface area contributed by atoms with Crippen molar-refractivity contribution in [2.45, 2.75) is 53.1 Å². The van der Waals surface area contributed by atoms with Crippen LogP contribution in [0.2, 0.25) is 0 Å². The van der Waals surface area contributed by atoms with E-state index < -0.39 is 0 Å². The molecule has 7 nitrogen and oxygen atoms in total. The van der Waals surface area contributed by atoms with Crippen LogP contribution in [0.4, 0.5) is 5.82 Å². The number of nitrogens with zero attached hydrogens (tertiary/aromatic N) is 3. The largest absolute Gasteiger partial charge is 0.379 e. The molecule has 0 aromatic carbocycles. The maximum atomic E-state index is 13.4. The predicted molar refractivity (Wildman–Crippen MR) is 135 cm³/mol. The molecule has 0 radical (unpaired) electrons. The van der Waals surface area contributed by atoms with Gasteiger partial charge < -0.3 is 10.1 Å². The van der Waals surface area contributed by atoms with Crippen molar-refractivity contribution in [3.63, 3.8) is 0 Å². The van der Waals surface area contributed by atoms with Crippen LogP contribution in [0.15, 0.2) is 28.0 Å². The summed E-state index contributed by atoms with van der Waals surface area (Å²) in [6, 6.07) is 3.73. The van der Waals surface area contributed by atoms with E-state index >= 15 is 0 Å². The first kappa shape index (κ1) is 24.4. The molecule has 0 bridgehead atoms. The molecule has 0 saturated carbocycles. The van der Waals surface area contributed by atoms with Crippen molar-refractivity contribution in [1.29, 1.82) is 0 Å². The van der Waals surface area contributed by atoms with Crippen LogP contribution in [0.25, 0.3) is 11.7 Å². The number of hydrogen-bond acceptors (Lipinski definition) is 7. The lowest BCUT2D eigenvalue weighted by atomic mass is 10.2. The van der Waals surface area contributed by atoms with Gasteiger partial charge >= 0.3 is 0 Å². The van der Waals surface area contributed by atoms with Crippen LogP contribution in [0, 0.1) is 6.92 Å². The van der Waals surface area contributed by atoms with Crippen molar-refractivity contribution >= 4 is 51.7 Å². The molecule has 0 unspecified atom stereocenters. The number of anilines is 1. The SMILES string of the molecule is CCCCN1C(=O)/C(=C/c2c(NCCCOC(C)C)nc3c(C)cccn3c2=O)SC1=S. The Balaban J connectivity index is 1.96. The summed E-state index contributed by atoms with van der Waals surface area (Å²) in [7, 11) is 0. The molecule has 2 aromatic rings. The van der Waals surface area contributed by atoms with Gasteiger partial charge in [0.2, 0.25) is 0 Å². The summed E-state index contributed by atoms with van der Waals surface area (Å²) in [5, 5.41) is 3.28. The van der Waals surface area contributed by atoms with Crippen LogP contribution in [0.3, 0.4) is 0 Å². The molecule has 3 rings (SSSR count). The van der Waals surface area contributed by atoms with Gasteiger partial charge in [-0.25, -0.2) is 4.98 Å². The Bertz CT molecular complexity index is 1090. The Morgan fingerprint density at radius 1 is 1.31 bits per heavy atom. The van der Waals surface area contributed by atoms with Gasteiger partial charge in [0.15, 0.2) is 0 Å². The molecule has 32 heavy (non-hydrogen) atoms. The van der Waals surface area contributed by atoms with Gasteiger partial charge in [0, 0.05) is 25.9 Å². The Morgan fingerprint density at radius 3 is 2.81 bits per heavy atom. The number of ether oxygens (including phenoxy) is 1. The third-order valence-corrected chi connectivity index (χ3v) is 6.41. The number of aromatic nitrogens is 2. The van der Waals surface area contributed by atoms with Crippen LogP contribution >= 0.6 is 24.0 Å². The number of pyridine rings is 1. The summed E-state index contributed by atoms with van der Waals surface area (Å²) in [4.78, 5) is 33.1. The standard InChI is InChI=1S/C23H30N4O3S2/c1-5-6-11-27-22(29)18(32-23(27)31)14-17-19(24-10-8-13-30-15(2)3)25-20-16(4)9-7-12-26(20)21(17)28/h7,9,12,14-15,24H,5-6,8,10-11,13H2,1-4H3/b18-14-. The molecule has 1 amide bonds. The van der Waals surface area contributed by atoms with Gasteiger partial charge in [0.1, 0.15) is 15.8 Å². The molecule has 9 heteroatoms. The third-order valence-electron chi connectivity index (χ3n) is 5.03. The number of thioether (sulfide) groups is 1. The van der Waals surface area contributed by atoms with Gasteiger partial charge in [-0.05, 0) is 51.3 Å². The minimum absolute atomic E-state index is 0.154. The van der Waals surface area contributed by atoms with Crippen LogP contribution in [-0.2, 0) is 9.53 Å². The van der Waals surface area contributed by atoms with Crippen LogP contribution in [0.1, 0.15) is 51.2 Å². The van der Waals surface area contributed by atoms with Crippen molar-refractivity contribution in [2.24, 2.45) is 0 Å². The summed E-state index contributed by atoms with van der Waals surface area (Å²) in [5.41, 5.74) is 1.62. The van der Waals surface area contributed by atoms with Gasteiger partial charge in [0.05, 0.1) is 16.6 Å². The first-order chi connectivity index (χ1) is 15.3. The average Bonchev–Trinajstić information content (AvgIpc) is 3.01. The lowest BCUT2D eigenvalue weighted by molar-refractivity contribution is -0.122. The fourth-order valence-corrected chi connectivity index (χ4v) is 4.60. The number of hydrogen-bond donors (Lipinski definition) is 1. The van der Waals surface area contributed by atoms with E-state index in [2.05, 4.69) is 12.2 Å². The number of amides is 1. The Morgan fingerprint density at radius 2 is 2.09 bits per heavy atom. The number of unbranched alkanes of at least 4 members (excludes halogenated alkanes) is 1. The maximum Gasteiger partial charge on any atom is 0.267 e. The normalized spacial score (nSPS) is 15.5. The average molecular weight is 475 g/mol. The minimum atomic E-state index is -0.224. The summed E-state index contributed by atoms with van der Waals surface area (Å²) >= 11 is 6.64. The molecule has 3 heterocycles. The molecule has 1 aliphatic heterocycles. The highest BCUT2D eigenvalue weighted by molar-refractivity contribution is 8.26. The van der Waals surface area contributed by atoms with E-state index in [4.69, 9.17) is 21.9 Å². The van der Waals surface area contributed by atoms with Gasteiger partial charge in [-0.3, -0.25) is 18.9 Å².